The van der Waals surface area contributed by atoms with Gasteiger partial charge in [0.25, 0.3) is 5.91 Å². The maximum atomic E-state index is 13.1. The molecule has 0 radical (unpaired) electrons. The molecule has 0 aliphatic carbocycles. The molecule has 0 spiro atoms. The van der Waals surface area contributed by atoms with Crippen molar-refractivity contribution in [2.45, 2.75) is 45.4 Å². The summed E-state index contributed by atoms with van der Waals surface area (Å²) >= 11 is 0. The van der Waals surface area contributed by atoms with E-state index in [4.69, 9.17) is 9.16 Å². The van der Waals surface area contributed by atoms with E-state index in [2.05, 4.69) is 33.9 Å². The lowest BCUT2D eigenvalue weighted by Gasteiger charge is -2.37. The minimum atomic E-state index is -1.89. The van der Waals surface area contributed by atoms with Crippen molar-refractivity contribution in [3.8, 4) is 0 Å². The molecule has 30 heavy (non-hydrogen) atoms. The molecule has 0 unspecified atom stereocenters. The zero-order chi connectivity index (χ0) is 22.4. The van der Waals surface area contributed by atoms with Gasteiger partial charge in [-0.25, -0.2) is 4.79 Å². The van der Waals surface area contributed by atoms with Crippen LogP contribution in [0.15, 0.2) is 54.6 Å². The number of esters is 1. The number of hydrogen-bond donors (Lipinski definition) is 0. The van der Waals surface area contributed by atoms with Gasteiger partial charge in [0.15, 0.2) is 8.32 Å². The van der Waals surface area contributed by atoms with Gasteiger partial charge in [0.05, 0.1) is 19.3 Å². The van der Waals surface area contributed by atoms with Crippen molar-refractivity contribution in [2.75, 3.05) is 20.3 Å². The molecule has 0 N–H and O–H groups in total. The molecule has 0 heterocycles. The first-order valence-corrected chi connectivity index (χ1v) is 13.1. The number of nitrogens with zero attached hydrogens (tertiary/aromatic N) is 1. The number of benzene rings is 2. The Labute approximate surface area is 181 Å². The number of amides is 1. The first-order valence-electron chi connectivity index (χ1n) is 10.2. The molecule has 0 aliphatic rings. The molecule has 0 aliphatic heterocycles. The molecule has 2 aromatic carbocycles. The fourth-order valence-corrected chi connectivity index (χ4v) is 3.76. The summed E-state index contributed by atoms with van der Waals surface area (Å²) in [5.41, 5.74) is 2.08. The van der Waals surface area contributed by atoms with Crippen LogP contribution in [0.3, 0.4) is 0 Å². The van der Waals surface area contributed by atoms with Crippen LogP contribution in [0, 0.1) is 0 Å². The molecule has 0 atom stereocenters. The highest BCUT2D eigenvalue weighted by atomic mass is 28.4. The summed E-state index contributed by atoms with van der Waals surface area (Å²) in [4.78, 5) is 26.6. The molecule has 162 valence electrons. The fraction of sp³-hybridized carbons (Fsp3) is 0.417. The van der Waals surface area contributed by atoms with Crippen molar-refractivity contribution in [2.24, 2.45) is 0 Å². The summed E-state index contributed by atoms with van der Waals surface area (Å²) < 4.78 is 11.0. The molecule has 0 saturated heterocycles. The molecule has 1 amide bonds. The Hall–Kier alpha value is -2.44. The Morgan fingerprint density at radius 2 is 1.53 bits per heavy atom. The normalized spacial score (nSPS) is 11.8. The molecule has 2 aromatic rings. The van der Waals surface area contributed by atoms with Gasteiger partial charge >= 0.3 is 5.97 Å². The quantitative estimate of drug-likeness (QED) is 0.432. The van der Waals surface area contributed by atoms with Crippen molar-refractivity contribution in [3.63, 3.8) is 0 Å². The summed E-state index contributed by atoms with van der Waals surface area (Å²) in [5, 5.41) is 0.116. The third-order valence-corrected chi connectivity index (χ3v) is 10.2. The number of hydrogen-bond acceptors (Lipinski definition) is 4. The molecule has 0 saturated carbocycles. The highest BCUT2D eigenvalue weighted by Gasteiger charge is 2.37. The highest BCUT2D eigenvalue weighted by Crippen LogP contribution is 2.36. The lowest BCUT2D eigenvalue weighted by atomic mass is 10.1. The molecule has 0 aromatic heterocycles. The number of rotatable bonds is 8. The SMILES string of the molecule is COC(=O)c1ccc(CN(CCO[Si](C)(C)C(C)(C)C)C(=O)c2ccccc2)cc1. The van der Waals surface area contributed by atoms with Crippen LogP contribution in [-0.4, -0.2) is 45.4 Å². The van der Waals surface area contributed by atoms with Gasteiger partial charge in [0.2, 0.25) is 0 Å². The van der Waals surface area contributed by atoms with Gasteiger partial charge in [-0.1, -0.05) is 51.1 Å². The molecular formula is C24H33NO4Si. The Morgan fingerprint density at radius 1 is 0.933 bits per heavy atom. The highest BCUT2D eigenvalue weighted by molar-refractivity contribution is 6.74. The monoisotopic (exact) mass is 427 g/mol. The predicted molar refractivity (Wildman–Crippen MR) is 122 cm³/mol. The molecule has 5 nitrogen and oxygen atoms in total. The Bertz CT molecular complexity index is 842. The number of carbonyl (C=O) groups is 2. The molecule has 0 fully saturated rings. The number of ether oxygens (including phenoxy) is 1. The van der Waals surface area contributed by atoms with Crippen LogP contribution >= 0.6 is 0 Å². The second-order valence-corrected chi connectivity index (χ2v) is 13.7. The van der Waals surface area contributed by atoms with Gasteiger partial charge in [0, 0.05) is 18.7 Å². The van der Waals surface area contributed by atoms with Crippen LogP contribution in [0.2, 0.25) is 18.1 Å². The first-order chi connectivity index (χ1) is 14.0. The van der Waals surface area contributed by atoms with Crippen LogP contribution in [0.25, 0.3) is 0 Å². The largest absolute Gasteiger partial charge is 0.465 e. The topological polar surface area (TPSA) is 55.8 Å². The van der Waals surface area contributed by atoms with Gasteiger partial charge < -0.3 is 14.1 Å². The smallest absolute Gasteiger partial charge is 0.337 e. The van der Waals surface area contributed by atoms with Crippen LogP contribution in [0.1, 0.15) is 47.1 Å². The molecule has 2 rings (SSSR count). The van der Waals surface area contributed by atoms with Crippen LogP contribution in [-0.2, 0) is 15.7 Å². The van der Waals surface area contributed by atoms with Crippen LogP contribution in [0.4, 0.5) is 0 Å². The summed E-state index contributed by atoms with van der Waals surface area (Å²) in [5.74, 6) is -0.409. The van der Waals surface area contributed by atoms with E-state index < -0.39 is 8.32 Å². The van der Waals surface area contributed by atoms with Gasteiger partial charge in [-0.15, -0.1) is 0 Å². The number of methoxy groups -OCH3 is 1. The fourth-order valence-electron chi connectivity index (χ4n) is 2.73. The average molecular weight is 428 g/mol. The lowest BCUT2D eigenvalue weighted by Crippen LogP contribution is -2.43. The van der Waals surface area contributed by atoms with E-state index in [0.29, 0.717) is 30.8 Å². The molecule has 0 bridgehead atoms. The van der Waals surface area contributed by atoms with Crippen molar-refractivity contribution in [1.29, 1.82) is 0 Å². The first kappa shape index (κ1) is 23.8. The van der Waals surface area contributed by atoms with Gasteiger partial charge in [-0.05, 0) is 48.0 Å². The minimum Gasteiger partial charge on any atom is -0.465 e. The summed E-state index contributed by atoms with van der Waals surface area (Å²) in [6.07, 6.45) is 0. The van der Waals surface area contributed by atoms with E-state index in [1.54, 1.807) is 17.0 Å². The summed E-state index contributed by atoms with van der Waals surface area (Å²) in [6, 6.07) is 16.4. The van der Waals surface area contributed by atoms with Crippen LogP contribution < -0.4 is 0 Å². The van der Waals surface area contributed by atoms with Crippen molar-refractivity contribution in [3.05, 3.63) is 71.3 Å². The zero-order valence-corrected chi connectivity index (χ0v) is 19.9. The van der Waals surface area contributed by atoms with E-state index >= 15 is 0 Å². The van der Waals surface area contributed by atoms with Crippen molar-refractivity contribution < 1.29 is 18.8 Å². The zero-order valence-electron chi connectivity index (χ0n) is 18.9. The average Bonchev–Trinajstić information content (AvgIpc) is 2.72. The molecule has 6 heteroatoms. The predicted octanol–water partition coefficient (Wildman–Crippen LogP) is 5.14. The Kier molecular flexibility index (Phi) is 7.98. The van der Waals surface area contributed by atoms with Crippen molar-refractivity contribution >= 4 is 20.2 Å². The third kappa shape index (κ3) is 6.28. The standard InChI is InChI=1S/C24H33NO4Si/c1-24(2,3)30(5,6)29-17-16-25(22(26)20-10-8-7-9-11-20)18-19-12-14-21(15-13-19)23(27)28-4/h7-15H,16-18H2,1-6H3. The van der Waals surface area contributed by atoms with Crippen LogP contribution in [0.5, 0.6) is 0 Å². The Morgan fingerprint density at radius 3 is 2.07 bits per heavy atom. The van der Waals surface area contributed by atoms with E-state index in [9.17, 15) is 9.59 Å². The molecular weight excluding hydrogens is 394 g/mol. The van der Waals surface area contributed by atoms with E-state index in [1.165, 1.54) is 7.11 Å². The maximum absolute atomic E-state index is 13.1. The third-order valence-electron chi connectivity index (χ3n) is 5.69. The second kappa shape index (κ2) is 10.0. The summed E-state index contributed by atoms with van der Waals surface area (Å²) in [6.45, 7) is 12.5. The number of carbonyl (C=O) groups excluding carboxylic acids is 2. The van der Waals surface area contributed by atoms with Gasteiger partial charge in [-0.3, -0.25) is 4.79 Å². The minimum absolute atomic E-state index is 0.0357. The van der Waals surface area contributed by atoms with E-state index in [1.807, 2.05) is 42.5 Å². The lowest BCUT2D eigenvalue weighted by molar-refractivity contribution is 0.0600. The van der Waals surface area contributed by atoms with Gasteiger partial charge in [0.1, 0.15) is 0 Å². The summed E-state index contributed by atoms with van der Waals surface area (Å²) in [7, 11) is -0.531. The Balaban J connectivity index is 2.15. The maximum Gasteiger partial charge on any atom is 0.337 e. The van der Waals surface area contributed by atoms with Crippen molar-refractivity contribution in [1.82, 2.24) is 4.90 Å². The van der Waals surface area contributed by atoms with E-state index in [0.717, 1.165) is 5.56 Å². The second-order valence-electron chi connectivity index (χ2n) is 8.89. The van der Waals surface area contributed by atoms with Gasteiger partial charge in [-0.2, -0.15) is 0 Å². The van der Waals surface area contributed by atoms with E-state index in [-0.39, 0.29) is 16.9 Å².